The average Bonchev–Trinajstić information content (AvgIpc) is 2.68. The molecule has 1 N–H and O–H groups in total. The number of ether oxygens (including phenoxy) is 1. The van der Waals surface area contributed by atoms with Crippen molar-refractivity contribution >= 4 is 5.57 Å². The SMILES string of the molecule is C=C(c1ccc(OC)cc1)[C@H](CCCCCC)[C@H](O)C1CCCCC1. The standard InChI is InChI=1S/C23H36O2/c1-4-5-6-10-13-22(23(24)20-11-8-7-9-12-20)18(2)19-14-16-21(25-3)17-15-19/h14-17,20,22-24H,2,4-13H2,1,3H3/t22-,23+/m0/s1. The molecule has 25 heavy (non-hydrogen) atoms. The molecule has 2 heteroatoms. The molecule has 0 saturated heterocycles. The molecule has 0 aromatic heterocycles. The number of aliphatic hydroxyl groups is 1. The quantitative estimate of drug-likeness (QED) is 0.509. The van der Waals surface area contributed by atoms with Crippen LogP contribution in [-0.4, -0.2) is 18.3 Å². The van der Waals surface area contributed by atoms with Crippen molar-refractivity contribution in [2.75, 3.05) is 7.11 Å². The first-order valence-corrected chi connectivity index (χ1v) is 10.2. The minimum absolute atomic E-state index is 0.174. The molecule has 140 valence electrons. The van der Waals surface area contributed by atoms with Crippen LogP contribution >= 0.6 is 0 Å². The van der Waals surface area contributed by atoms with Gasteiger partial charge in [-0.25, -0.2) is 0 Å². The summed E-state index contributed by atoms with van der Waals surface area (Å²) in [7, 11) is 1.69. The Bertz CT molecular complexity index is 499. The first-order valence-electron chi connectivity index (χ1n) is 10.2. The number of unbranched alkanes of at least 4 members (excludes halogenated alkanes) is 3. The topological polar surface area (TPSA) is 29.5 Å². The monoisotopic (exact) mass is 344 g/mol. The second-order valence-electron chi connectivity index (χ2n) is 7.60. The van der Waals surface area contributed by atoms with Gasteiger partial charge in [0, 0.05) is 5.92 Å². The van der Waals surface area contributed by atoms with Crippen molar-refractivity contribution in [1.29, 1.82) is 0 Å². The fourth-order valence-corrected chi connectivity index (χ4v) is 4.17. The fraction of sp³-hybridized carbons (Fsp3) is 0.652. The van der Waals surface area contributed by atoms with Gasteiger partial charge < -0.3 is 9.84 Å². The maximum absolute atomic E-state index is 11.1. The Balaban J connectivity index is 2.08. The lowest BCUT2D eigenvalue weighted by Gasteiger charge is -2.34. The van der Waals surface area contributed by atoms with Gasteiger partial charge in [0.05, 0.1) is 13.2 Å². The number of hydrogen-bond donors (Lipinski definition) is 1. The summed E-state index contributed by atoms with van der Waals surface area (Å²) < 4.78 is 5.26. The van der Waals surface area contributed by atoms with Crippen molar-refractivity contribution < 1.29 is 9.84 Å². The highest BCUT2D eigenvalue weighted by molar-refractivity contribution is 5.66. The smallest absolute Gasteiger partial charge is 0.118 e. The van der Waals surface area contributed by atoms with E-state index in [1.54, 1.807) is 7.11 Å². The van der Waals surface area contributed by atoms with Crippen LogP contribution in [0.5, 0.6) is 5.75 Å². The third-order valence-electron chi connectivity index (χ3n) is 5.82. The molecule has 1 aromatic rings. The van der Waals surface area contributed by atoms with E-state index in [0.717, 1.165) is 23.3 Å². The summed E-state index contributed by atoms with van der Waals surface area (Å²) in [5, 5.41) is 11.1. The zero-order valence-corrected chi connectivity index (χ0v) is 16.2. The van der Waals surface area contributed by atoms with Gasteiger partial charge in [0.1, 0.15) is 5.75 Å². The largest absolute Gasteiger partial charge is 0.497 e. The molecule has 0 spiro atoms. The normalized spacial score (nSPS) is 17.9. The van der Waals surface area contributed by atoms with Crippen molar-refractivity contribution in [2.24, 2.45) is 11.8 Å². The molecule has 0 heterocycles. The summed E-state index contributed by atoms with van der Waals surface area (Å²) in [6, 6.07) is 8.13. The van der Waals surface area contributed by atoms with E-state index in [2.05, 4.69) is 25.6 Å². The van der Waals surface area contributed by atoms with E-state index in [1.807, 2.05) is 12.1 Å². The van der Waals surface area contributed by atoms with Crippen LogP contribution in [0.3, 0.4) is 0 Å². The Kier molecular flexibility index (Phi) is 8.54. The summed E-state index contributed by atoms with van der Waals surface area (Å²) in [4.78, 5) is 0. The van der Waals surface area contributed by atoms with Gasteiger partial charge in [-0.3, -0.25) is 0 Å². The van der Waals surface area contributed by atoms with E-state index in [0.29, 0.717) is 5.92 Å². The maximum atomic E-state index is 11.1. The zero-order chi connectivity index (χ0) is 18.1. The molecule has 0 amide bonds. The molecule has 1 aliphatic rings. The average molecular weight is 345 g/mol. The molecule has 0 aliphatic heterocycles. The lowest BCUT2D eigenvalue weighted by Crippen LogP contribution is -2.31. The highest BCUT2D eigenvalue weighted by atomic mass is 16.5. The second kappa shape index (κ2) is 10.7. The molecule has 0 radical (unpaired) electrons. The molecule has 1 saturated carbocycles. The molecule has 1 aliphatic carbocycles. The van der Waals surface area contributed by atoms with Gasteiger partial charge in [-0.15, -0.1) is 0 Å². The van der Waals surface area contributed by atoms with Gasteiger partial charge >= 0.3 is 0 Å². The molecule has 0 bridgehead atoms. The highest BCUT2D eigenvalue weighted by Gasteiger charge is 2.30. The number of methoxy groups -OCH3 is 1. The van der Waals surface area contributed by atoms with Crippen LogP contribution in [0.1, 0.15) is 76.7 Å². The maximum Gasteiger partial charge on any atom is 0.118 e. The molecule has 1 fully saturated rings. The van der Waals surface area contributed by atoms with Crippen molar-refractivity contribution in [3.8, 4) is 5.75 Å². The number of hydrogen-bond acceptors (Lipinski definition) is 2. The lowest BCUT2D eigenvalue weighted by molar-refractivity contribution is 0.0496. The van der Waals surface area contributed by atoms with Crippen LogP contribution in [0, 0.1) is 11.8 Å². The lowest BCUT2D eigenvalue weighted by atomic mass is 9.75. The third kappa shape index (κ3) is 5.88. The van der Waals surface area contributed by atoms with Crippen molar-refractivity contribution in [3.63, 3.8) is 0 Å². The molecule has 2 atom stereocenters. The Morgan fingerprint density at radius 2 is 1.80 bits per heavy atom. The Hall–Kier alpha value is -1.28. The zero-order valence-electron chi connectivity index (χ0n) is 16.2. The summed E-state index contributed by atoms with van der Waals surface area (Å²) in [6.45, 7) is 6.64. The second-order valence-corrected chi connectivity index (χ2v) is 7.60. The molecule has 1 aromatic carbocycles. The number of aliphatic hydroxyl groups excluding tert-OH is 1. The predicted molar refractivity (Wildman–Crippen MR) is 107 cm³/mol. The first kappa shape index (κ1) is 20.0. The minimum Gasteiger partial charge on any atom is -0.497 e. The summed E-state index contributed by atoms with van der Waals surface area (Å²) in [5.41, 5.74) is 2.23. The highest BCUT2D eigenvalue weighted by Crippen LogP contribution is 2.37. The van der Waals surface area contributed by atoms with Gasteiger partial charge in [-0.2, -0.15) is 0 Å². The van der Waals surface area contributed by atoms with Gasteiger partial charge in [0.15, 0.2) is 0 Å². The summed E-state index contributed by atoms with van der Waals surface area (Å²) in [5.74, 6) is 1.48. The van der Waals surface area contributed by atoms with Crippen LogP contribution in [-0.2, 0) is 0 Å². The van der Waals surface area contributed by atoms with Crippen molar-refractivity contribution in [1.82, 2.24) is 0 Å². The van der Waals surface area contributed by atoms with Crippen LogP contribution in [0.15, 0.2) is 30.8 Å². The van der Waals surface area contributed by atoms with Gasteiger partial charge in [-0.05, 0) is 48.4 Å². The van der Waals surface area contributed by atoms with E-state index >= 15 is 0 Å². The Labute approximate surface area is 154 Å². The van der Waals surface area contributed by atoms with E-state index in [9.17, 15) is 5.11 Å². The Morgan fingerprint density at radius 1 is 1.12 bits per heavy atom. The predicted octanol–water partition coefficient (Wildman–Crippen LogP) is 6.24. The van der Waals surface area contributed by atoms with Gasteiger partial charge in [0.25, 0.3) is 0 Å². The van der Waals surface area contributed by atoms with Gasteiger partial charge in [-0.1, -0.05) is 70.6 Å². The van der Waals surface area contributed by atoms with Crippen LogP contribution in [0.25, 0.3) is 5.57 Å². The molecular weight excluding hydrogens is 308 g/mol. The summed E-state index contributed by atoms with van der Waals surface area (Å²) >= 11 is 0. The van der Waals surface area contributed by atoms with Crippen LogP contribution in [0.2, 0.25) is 0 Å². The fourth-order valence-electron chi connectivity index (χ4n) is 4.17. The van der Waals surface area contributed by atoms with Crippen LogP contribution in [0.4, 0.5) is 0 Å². The van der Waals surface area contributed by atoms with E-state index in [4.69, 9.17) is 4.74 Å². The van der Waals surface area contributed by atoms with E-state index in [1.165, 1.54) is 57.8 Å². The molecule has 0 unspecified atom stereocenters. The molecular formula is C23H36O2. The minimum atomic E-state index is -0.253. The summed E-state index contributed by atoms with van der Waals surface area (Å²) in [6.07, 6.45) is 11.9. The van der Waals surface area contributed by atoms with Crippen molar-refractivity contribution in [2.45, 2.75) is 77.2 Å². The molecule has 2 nitrogen and oxygen atoms in total. The van der Waals surface area contributed by atoms with Crippen LogP contribution < -0.4 is 4.74 Å². The first-order chi connectivity index (χ1) is 12.2. The van der Waals surface area contributed by atoms with Gasteiger partial charge in [0.2, 0.25) is 0 Å². The Morgan fingerprint density at radius 3 is 2.40 bits per heavy atom. The van der Waals surface area contributed by atoms with E-state index in [-0.39, 0.29) is 12.0 Å². The number of benzene rings is 1. The molecule has 2 rings (SSSR count). The van der Waals surface area contributed by atoms with E-state index < -0.39 is 0 Å². The van der Waals surface area contributed by atoms with Crippen molar-refractivity contribution in [3.05, 3.63) is 36.4 Å². The number of rotatable bonds is 10. The third-order valence-corrected chi connectivity index (χ3v) is 5.82.